The summed E-state index contributed by atoms with van der Waals surface area (Å²) in [4.78, 5) is 4.31. The normalized spacial score (nSPS) is 10.9. The molecule has 0 fully saturated rings. The van der Waals surface area contributed by atoms with E-state index >= 15 is 0 Å². The van der Waals surface area contributed by atoms with E-state index < -0.39 is 0 Å². The minimum absolute atomic E-state index is 0.710. The largest absolute Gasteiger partial charge is 0.398 e. The summed E-state index contributed by atoms with van der Waals surface area (Å²) in [5, 5.41) is 5.41. The van der Waals surface area contributed by atoms with E-state index in [9.17, 15) is 0 Å². The zero-order valence-electron chi connectivity index (χ0n) is 9.46. The van der Waals surface area contributed by atoms with Crippen molar-refractivity contribution in [3.63, 3.8) is 0 Å². The molecular weight excluding hydrogens is 212 g/mol. The highest BCUT2D eigenvalue weighted by atomic mass is 15.3. The number of nitrogens with zero attached hydrogens (tertiary/aromatic N) is 3. The fourth-order valence-electron chi connectivity index (χ4n) is 2.00. The van der Waals surface area contributed by atoms with Gasteiger partial charge in [-0.15, -0.1) is 0 Å². The molecule has 2 N–H and O–H groups in total. The van der Waals surface area contributed by atoms with Crippen molar-refractivity contribution < 1.29 is 0 Å². The summed E-state index contributed by atoms with van der Waals surface area (Å²) < 4.78 is 1.76. The van der Waals surface area contributed by atoms with E-state index in [4.69, 9.17) is 5.73 Å². The van der Waals surface area contributed by atoms with Gasteiger partial charge >= 0.3 is 0 Å². The highest BCUT2D eigenvalue weighted by molar-refractivity contribution is 5.99. The number of benzene rings is 1. The maximum atomic E-state index is 6.01. The van der Waals surface area contributed by atoms with Crippen LogP contribution in [0.4, 0.5) is 5.69 Å². The van der Waals surface area contributed by atoms with Gasteiger partial charge in [0.15, 0.2) is 5.65 Å². The molecule has 4 nitrogen and oxygen atoms in total. The van der Waals surface area contributed by atoms with Crippen LogP contribution in [0.1, 0.15) is 0 Å². The lowest BCUT2D eigenvalue weighted by molar-refractivity contribution is 0.790. The van der Waals surface area contributed by atoms with Gasteiger partial charge in [-0.3, -0.25) is 0 Å². The van der Waals surface area contributed by atoms with Crippen LogP contribution in [-0.2, 0) is 7.05 Å². The predicted octanol–water partition coefficient (Wildman–Crippen LogP) is 2.22. The molecular formula is C13H12N4. The molecule has 3 aromatic rings. The fourth-order valence-corrected chi connectivity index (χ4v) is 2.00. The van der Waals surface area contributed by atoms with E-state index in [0.717, 1.165) is 22.3 Å². The Labute approximate surface area is 98.7 Å². The summed E-state index contributed by atoms with van der Waals surface area (Å²) in [7, 11) is 1.88. The van der Waals surface area contributed by atoms with Crippen molar-refractivity contribution in [2.75, 3.05) is 5.73 Å². The standard InChI is InChI=1S/C13H12N4/c1-17-13-11(10(14)7-8-15-13)12(16-17)9-5-3-2-4-6-9/h2-8H,1H3,(H2,14,15). The van der Waals surface area contributed by atoms with Crippen molar-refractivity contribution in [3.8, 4) is 11.3 Å². The molecule has 2 aromatic heterocycles. The maximum absolute atomic E-state index is 6.01. The Kier molecular flexibility index (Phi) is 2.08. The van der Waals surface area contributed by atoms with Crippen molar-refractivity contribution in [2.45, 2.75) is 0 Å². The topological polar surface area (TPSA) is 56.7 Å². The second kappa shape index (κ2) is 3.59. The van der Waals surface area contributed by atoms with Crippen LogP contribution >= 0.6 is 0 Å². The van der Waals surface area contributed by atoms with Gasteiger partial charge in [0, 0.05) is 24.5 Å². The molecule has 4 heteroatoms. The van der Waals surface area contributed by atoms with Crippen LogP contribution in [-0.4, -0.2) is 14.8 Å². The molecule has 0 atom stereocenters. The molecule has 1 aromatic carbocycles. The second-order valence-corrected chi connectivity index (χ2v) is 3.94. The highest BCUT2D eigenvalue weighted by Crippen LogP contribution is 2.30. The molecule has 0 bridgehead atoms. The second-order valence-electron chi connectivity index (χ2n) is 3.94. The van der Waals surface area contributed by atoms with Gasteiger partial charge in [0.05, 0.1) is 5.39 Å². The lowest BCUT2D eigenvalue weighted by Gasteiger charge is -1.99. The Balaban J connectivity index is 2.38. The molecule has 0 aliphatic rings. The Morgan fingerprint density at radius 1 is 1.12 bits per heavy atom. The van der Waals surface area contributed by atoms with Gasteiger partial charge in [-0.25, -0.2) is 9.67 Å². The number of rotatable bonds is 1. The Hall–Kier alpha value is -2.36. The number of hydrogen-bond donors (Lipinski definition) is 1. The molecule has 0 radical (unpaired) electrons. The Morgan fingerprint density at radius 3 is 2.65 bits per heavy atom. The molecule has 17 heavy (non-hydrogen) atoms. The van der Waals surface area contributed by atoms with Crippen molar-refractivity contribution in [1.82, 2.24) is 14.8 Å². The monoisotopic (exact) mass is 224 g/mol. The van der Waals surface area contributed by atoms with Gasteiger partial charge in [0.1, 0.15) is 5.69 Å². The van der Waals surface area contributed by atoms with Crippen LogP contribution in [0.15, 0.2) is 42.6 Å². The predicted molar refractivity (Wildman–Crippen MR) is 68.4 cm³/mol. The van der Waals surface area contributed by atoms with Crippen molar-refractivity contribution in [2.24, 2.45) is 7.05 Å². The number of nitrogens with two attached hydrogens (primary N) is 1. The van der Waals surface area contributed by atoms with Crippen LogP contribution in [0.5, 0.6) is 0 Å². The first kappa shape index (κ1) is 9.84. The van der Waals surface area contributed by atoms with Gasteiger partial charge in [0.25, 0.3) is 0 Å². The van der Waals surface area contributed by atoms with Gasteiger partial charge < -0.3 is 5.73 Å². The Bertz CT molecular complexity index is 670. The van der Waals surface area contributed by atoms with E-state index in [1.54, 1.807) is 16.9 Å². The molecule has 0 aliphatic heterocycles. The average molecular weight is 224 g/mol. The van der Waals surface area contributed by atoms with E-state index in [2.05, 4.69) is 10.1 Å². The molecule has 0 saturated heterocycles. The summed E-state index contributed by atoms with van der Waals surface area (Å²) in [6, 6.07) is 11.8. The van der Waals surface area contributed by atoms with Crippen LogP contribution in [0.2, 0.25) is 0 Å². The zero-order chi connectivity index (χ0) is 11.8. The fraction of sp³-hybridized carbons (Fsp3) is 0.0769. The van der Waals surface area contributed by atoms with Crippen LogP contribution in [0.3, 0.4) is 0 Å². The average Bonchev–Trinajstić information content (AvgIpc) is 2.70. The summed E-state index contributed by atoms with van der Waals surface area (Å²) in [6.07, 6.45) is 1.70. The number of pyridine rings is 1. The minimum Gasteiger partial charge on any atom is -0.398 e. The Morgan fingerprint density at radius 2 is 1.88 bits per heavy atom. The van der Waals surface area contributed by atoms with Crippen molar-refractivity contribution in [1.29, 1.82) is 0 Å². The molecule has 0 unspecified atom stereocenters. The third-order valence-corrected chi connectivity index (χ3v) is 2.80. The lowest BCUT2D eigenvalue weighted by atomic mass is 10.1. The van der Waals surface area contributed by atoms with E-state index in [1.807, 2.05) is 37.4 Å². The van der Waals surface area contributed by atoms with E-state index in [1.165, 1.54) is 0 Å². The van der Waals surface area contributed by atoms with Crippen LogP contribution in [0, 0.1) is 0 Å². The minimum atomic E-state index is 0.710. The molecule has 0 spiro atoms. The smallest absolute Gasteiger partial charge is 0.160 e. The summed E-state index contributed by atoms with van der Waals surface area (Å²) >= 11 is 0. The van der Waals surface area contributed by atoms with Gasteiger partial charge in [-0.1, -0.05) is 30.3 Å². The van der Waals surface area contributed by atoms with Crippen molar-refractivity contribution >= 4 is 16.7 Å². The zero-order valence-corrected chi connectivity index (χ0v) is 9.46. The SMILES string of the molecule is Cn1nc(-c2ccccc2)c2c(N)ccnc21. The third-order valence-electron chi connectivity index (χ3n) is 2.80. The lowest BCUT2D eigenvalue weighted by Crippen LogP contribution is -1.92. The number of fused-ring (bicyclic) bond motifs is 1. The van der Waals surface area contributed by atoms with Crippen molar-refractivity contribution in [3.05, 3.63) is 42.6 Å². The molecule has 84 valence electrons. The summed E-state index contributed by atoms with van der Waals surface area (Å²) in [6.45, 7) is 0. The number of nitrogen functional groups attached to an aromatic ring is 1. The van der Waals surface area contributed by atoms with Gasteiger partial charge in [-0.2, -0.15) is 5.10 Å². The number of anilines is 1. The first-order valence-electron chi connectivity index (χ1n) is 5.40. The number of aryl methyl sites for hydroxylation is 1. The van der Waals surface area contributed by atoms with Gasteiger partial charge in [-0.05, 0) is 6.07 Å². The third kappa shape index (κ3) is 1.45. The molecule has 0 aliphatic carbocycles. The quantitative estimate of drug-likeness (QED) is 0.689. The van der Waals surface area contributed by atoms with E-state index in [-0.39, 0.29) is 0 Å². The summed E-state index contributed by atoms with van der Waals surface area (Å²) in [5.74, 6) is 0. The maximum Gasteiger partial charge on any atom is 0.160 e. The van der Waals surface area contributed by atoms with Crippen LogP contribution < -0.4 is 5.73 Å². The highest BCUT2D eigenvalue weighted by Gasteiger charge is 2.13. The molecule has 3 rings (SSSR count). The number of hydrogen-bond acceptors (Lipinski definition) is 3. The summed E-state index contributed by atoms with van der Waals surface area (Å²) in [5.41, 5.74) is 9.47. The molecule has 0 saturated carbocycles. The number of aromatic nitrogens is 3. The first-order chi connectivity index (χ1) is 8.27. The molecule has 2 heterocycles. The van der Waals surface area contributed by atoms with Crippen LogP contribution in [0.25, 0.3) is 22.3 Å². The first-order valence-corrected chi connectivity index (χ1v) is 5.40. The van der Waals surface area contributed by atoms with E-state index in [0.29, 0.717) is 5.69 Å². The van der Waals surface area contributed by atoms with Gasteiger partial charge in [0.2, 0.25) is 0 Å². The molecule has 0 amide bonds.